The molecule has 0 aliphatic rings. The summed E-state index contributed by atoms with van der Waals surface area (Å²) in [5.74, 6) is 0. The third kappa shape index (κ3) is 5.31. The van der Waals surface area contributed by atoms with Gasteiger partial charge in [0.1, 0.15) is 0 Å². The highest BCUT2D eigenvalue weighted by Gasteiger charge is 2.06. The first-order chi connectivity index (χ1) is 8.27. The van der Waals surface area contributed by atoms with E-state index in [2.05, 4.69) is 36.1 Å². The summed E-state index contributed by atoms with van der Waals surface area (Å²) < 4.78 is 10.3. The lowest BCUT2D eigenvalue weighted by Crippen LogP contribution is -2.30. The molecule has 0 saturated carbocycles. The van der Waals surface area contributed by atoms with Gasteiger partial charge in [0.25, 0.3) is 0 Å². The fraction of sp³-hybridized carbons (Fsp3) is 0.571. The van der Waals surface area contributed by atoms with Crippen molar-refractivity contribution in [1.29, 1.82) is 0 Å². The molecule has 0 fully saturated rings. The molecule has 0 unspecified atom stereocenters. The monoisotopic (exact) mass is 237 g/mol. The minimum atomic E-state index is 0.760. The Labute approximate surface area is 104 Å². The Kier molecular flexibility index (Phi) is 6.86. The van der Waals surface area contributed by atoms with E-state index in [4.69, 9.17) is 9.47 Å². The molecule has 0 N–H and O–H groups in total. The second-order valence-corrected chi connectivity index (χ2v) is 4.19. The van der Waals surface area contributed by atoms with E-state index in [1.807, 2.05) is 0 Å². The van der Waals surface area contributed by atoms with Gasteiger partial charge < -0.3 is 9.47 Å². The summed E-state index contributed by atoms with van der Waals surface area (Å²) in [4.78, 5) is 2.36. The lowest BCUT2D eigenvalue weighted by Gasteiger charge is -2.22. The topological polar surface area (TPSA) is 21.7 Å². The van der Waals surface area contributed by atoms with Crippen LogP contribution in [-0.2, 0) is 16.0 Å². The number of benzene rings is 1. The molecular formula is C14H23NO2. The quantitative estimate of drug-likeness (QED) is 0.691. The van der Waals surface area contributed by atoms with Crippen LogP contribution >= 0.6 is 0 Å². The van der Waals surface area contributed by atoms with Crippen LogP contribution < -0.4 is 0 Å². The zero-order valence-corrected chi connectivity index (χ0v) is 11.1. The van der Waals surface area contributed by atoms with Gasteiger partial charge in [-0.2, -0.15) is 0 Å². The Hall–Kier alpha value is -0.900. The van der Waals surface area contributed by atoms with Crippen LogP contribution in [0.3, 0.4) is 0 Å². The number of ether oxygens (including phenoxy) is 2. The SMILES string of the molecule is COCCN(CCOC)Cc1ccccc1C. The molecule has 17 heavy (non-hydrogen) atoms. The number of hydrogen-bond acceptors (Lipinski definition) is 3. The molecule has 0 spiro atoms. The molecule has 1 rings (SSSR count). The van der Waals surface area contributed by atoms with Crippen LogP contribution in [0.1, 0.15) is 11.1 Å². The van der Waals surface area contributed by atoms with Crippen molar-refractivity contribution in [2.75, 3.05) is 40.5 Å². The van der Waals surface area contributed by atoms with Gasteiger partial charge in [-0.05, 0) is 18.1 Å². The maximum atomic E-state index is 5.14. The number of hydrogen-bond donors (Lipinski definition) is 0. The van der Waals surface area contributed by atoms with Gasteiger partial charge in [0, 0.05) is 33.9 Å². The highest BCUT2D eigenvalue weighted by molar-refractivity contribution is 5.25. The van der Waals surface area contributed by atoms with Crippen LogP contribution in [0.25, 0.3) is 0 Å². The van der Waals surface area contributed by atoms with Crippen LogP contribution in [-0.4, -0.2) is 45.4 Å². The lowest BCUT2D eigenvalue weighted by atomic mass is 10.1. The van der Waals surface area contributed by atoms with Crippen molar-refractivity contribution in [3.05, 3.63) is 35.4 Å². The van der Waals surface area contributed by atoms with E-state index in [1.165, 1.54) is 11.1 Å². The maximum Gasteiger partial charge on any atom is 0.0589 e. The van der Waals surface area contributed by atoms with Crippen LogP contribution in [0.4, 0.5) is 0 Å². The number of aryl methyl sites for hydroxylation is 1. The van der Waals surface area contributed by atoms with Gasteiger partial charge in [-0.3, -0.25) is 4.90 Å². The molecule has 0 atom stereocenters. The lowest BCUT2D eigenvalue weighted by molar-refractivity contribution is 0.110. The Balaban J connectivity index is 2.55. The van der Waals surface area contributed by atoms with E-state index in [-0.39, 0.29) is 0 Å². The largest absolute Gasteiger partial charge is 0.383 e. The van der Waals surface area contributed by atoms with Crippen LogP contribution in [0, 0.1) is 6.92 Å². The van der Waals surface area contributed by atoms with Crippen molar-refractivity contribution in [3.63, 3.8) is 0 Å². The van der Waals surface area contributed by atoms with Gasteiger partial charge in [0.05, 0.1) is 13.2 Å². The van der Waals surface area contributed by atoms with Crippen molar-refractivity contribution in [2.45, 2.75) is 13.5 Å². The molecule has 0 bridgehead atoms. The van der Waals surface area contributed by atoms with E-state index in [1.54, 1.807) is 14.2 Å². The molecule has 0 aliphatic carbocycles. The highest BCUT2D eigenvalue weighted by Crippen LogP contribution is 2.10. The predicted octanol–water partition coefficient (Wildman–Crippen LogP) is 2.09. The maximum absolute atomic E-state index is 5.14. The molecule has 0 heterocycles. The molecule has 0 radical (unpaired) electrons. The van der Waals surface area contributed by atoms with E-state index in [0.29, 0.717) is 0 Å². The summed E-state index contributed by atoms with van der Waals surface area (Å²) in [5.41, 5.74) is 2.71. The molecule has 3 heteroatoms. The van der Waals surface area contributed by atoms with Crippen LogP contribution in [0.2, 0.25) is 0 Å². The van der Waals surface area contributed by atoms with Gasteiger partial charge in [-0.1, -0.05) is 24.3 Å². The Morgan fingerprint density at radius 3 is 2.12 bits per heavy atom. The summed E-state index contributed by atoms with van der Waals surface area (Å²) in [6, 6.07) is 8.50. The number of methoxy groups -OCH3 is 2. The van der Waals surface area contributed by atoms with Crippen molar-refractivity contribution in [2.24, 2.45) is 0 Å². The molecule has 1 aromatic carbocycles. The van der Waals surface area contributed by atoms with E-state index in [9.17, 15) is 0 Å². The molecule has 0 amide bonds. The predicted molar refractivity (Wildman–Crippen MR) is 70.2 cm³/mol. The fourth-order valence-electron chi connectivity index (χ4n) is 1.74. The minimum Gasteiger partial charge on any atom is -0.383 e. The fourth-order valence-corrected chi connectivity index (χ4v) is 1.74. The molecule has 3 nitrogen and oxygen atoms in total. The Morgan fingerprint density at radius 2 is 1.59 bits per heavy atom. The molecule has 0 saturated heterocycles. The second-order valence-electron chi connectivity index (χ2n) is 4.19. The normalized spacial score (nSPS) is 11.1. The summed E-state index contributed by atoms with van der Waals surface area (Å²) in [7, 11) is 3.48. The number of nitrogens with zero attached hydrogens (tertiary/aromatic N) is 1. The Morgan fingerprint density at radius 1 is 1.00 bits per heavy atom. The Bertz CT molecular complexity index is 307. The van der Waals surface area contributed by atoms with Crippen LogP contribution in [0.15, 0.2) is 24.3 Å². The van der Waals surface area contributed by atoms with Crippen molar-refractivity contribution in [3.8, 4) is 0 Å². The third-order valence-corrected chi connectivity index (χ3v) is 2.88. The van der Waals surface area contributed by atoms with Crippen molar-refractivity contribution in [1.82, 2.24) is 4.90 Å². The standard InChI is InChI=1S/C14H23NO2/c1-13-6-4-5-7-14(13)12-15(8-10-16-2)9-11-17-3/h4-7H,8-12H2,1-3H3. The van der Waals surface area contributed by atoms with Crippen molar-refractivity contribution >= 4 is 0 Å². The first kappa shape index (κ1) is 14.2. The average Bonchev–Trinajstić information content (AvgIpc) is 2.35. The van der Waals surface area contributed by atoms with E-state index >= 15 is 0 Å². The third-order valence-electron chi connectivity index (χ3n) is 2.88. The minimum absolute atomic E-state index is 0.760. The van der Waals surface area contributed by atoms with Gasteiger partial charge in [0.15, 0.2) is 0 Å². The highest BCUT2D eigenvalue weighted by atomic mass is 16.5. The van der Waals surface area contributed by atoms with Gasteiger partial charge in [-0.25, -0.2) is 0 Å². The first-order valence-electron chi connectivity index (χ1n) is 6.02. The van der Waals surface area contributed by atoms with Gasteiger partial charge in [0.2, 0.25) is 0 Å². The molecule has 0 aromatic heterocycles. The van der Waals surface area contributed by atoms with Gasteiger partial charge in [-0.15, -0.1) is 0 Å². The molecular weight excluding hydrogens is 214 g/mol. The zero-order valence-electron chi connectivity index (χ0n) is 11.1. The van der Waals surface area contributed by atoms with E-state index < -0.39 is 0 Å². The second kappa shape index (κ2) is 8.23. The molecule has 1 aromatic rings. The van der Waals surface area contributed by atoms with Crippen molar-refractivity contribution < 1.29 is 9.47 Å². The number of rotatable bonds is 8. The summed E-state index contributed by atoms with van der Waals surface area (Å²) in [5, 5.41) is 0. The molecule has 0 aliphatic heterocycles. The zero-order chi connectivity index (χ0) is 12.5. The summed E-state index contributed by atoms with van der Waals surface area (Å²) >= 11 is 0. The first-order valence-corrected chi connectivity index (χ1v) is 6.02. The summed E-state index contributed by atoms with van der Waals surface area (Å²) in [6.45, 7) is 6.51. The van der Waals surface area contributed by atoms with Gasteiger partial charge >= 0.3 is 0 Å². The smallest absolute Gasteiger partial charge is 0.0589 e. The average molecular weight is 237 g/mol. The molecule has 96 valence electrons. The van der Waals surface area contributed by atoms with E-state index in [0.717, 1.165) is 32.8 Å². The van der Waals surface area contributed by atoms with Crippen LogP contribution in [0.5, 0.6) is 0 Å². The summed E-state index contributed by atoms with van der Waals surface area (Å²) in [6.07, 6.45) is 0.